The lowest BCUT2D eigenvalue weighted by Gasteiger charge is -2.34. The monoisotopic (exact) mass is 1640 g/mol. The SMILES string of the molecule is CC[C@H](C)[C@@H]1NC(=O)[C@@H](CCCN=C(N)N)NC(=O)[C@H](CC(C)C)NC(=O)[C@H]([C@H](O)C(C)C)NC(=O)[C@@H](NC(=O)[C@H](CC(C)C)NC(=O)[C@@H](CC(C)C)NC(=O)OC(C)(C)C)[C@@H](c2ccccc2)OC(=O)[C@H](CO)NC(=O)[C@H]([C@H](O)C(=O)NCC(=O)OCc2ccccc2)NC(=O)CNC(=O)[C@H]([C@H](C)O)NC1=O.O=C(O)C(F)(F)F. The number of aliphatic hydroxyl groups is 4. The van der Waals surface area contributed by atoms with Gasteiger partial charge in [0.25, 0.3) is 5.91 Å². The van der Waals surface area contributed by atoms with Crippen molar-refractivity contribution in [2.45, 2.75) is 239 Å². The smallest absolute Gasteiger partial charge is 0.475 e. The quantitative estimate of drug-likeness (QED) is 0.0146. The van der Waals surface area contributed by atoms with Crippen molar-refractivity contribution >= 4 is 94.9 Å². The molecule has 0 radical (unpaired) electrons. The van der Waals surface area contributed by atoms with E-state index in [1.54, 1.807) is 106 Å². The number of carbonyl (C=O) groups excluding carboxylic acids is 14. The molecule has 1 aliphatic rings. The molecule has 12 amide bonds. The van der Waals surface area contributed by atoms with Gasteiger partial charge in [0.1, 0.15) is 73.1 Å². The maximum atomic E-state index is 15.7. The van der Waals surface area contributed by atoms with Crippen LogP contribution in [0, 0.1) is 29.6 Å². The summed E-state index contributed by atoms with van der Waals surface area (Å²) in [6.45, 7) is 18.5. The molecule has 644 valence electrons. The first-order valence-electron chi connectivity index (χ1n) is 37.2. The van der Waals surface area contributed by atoms with Gasteiger partial charge in [0.2, 0.25) is 59.1 Å². The predicted molar refractivity (Wildman–Crippen MR) is 405 cm³/mol. The number of halogens is 3. The first kappa shape index (κ1) is 100. The number of alkyl carbamates (subject to hydrolysis) is 1. The Morgan fingerprint density at radius 2 is 1.14 bits per heavy atom. The zero-order valence-electron chi connectivity index (χ0n) is 66.8. The van der Waals surface area contributed by atoms with Crippen LogP contribution in [0.4, 0.5) is 18.0 Å². The van der Waals surface area contributed by atoms with Crippen molar-refractivity contribution in [1.82, 2.24) is 63.8 Å². The van der Waals surface area contributed by atoms with E-state index >= 15 is 14.4 Å². The molecule has 0 aliphatic carbocycles. The van der Waals surface area contributed by atoms with Crippen molar-refractivity contribution in [3.8, 4) is 0 Å². The number of rotatable bonds is 28. The van der Waals surface area contributed by atoms with E-state index in [2.05, 4.69) is 63.5 Å². The number of carboxylic acid groups (broad SMARTS) is 1. The highest BCUT2D eigenvalue weighted by Crippen LogP contribution is 2.26. The van der Waals surface area contributed by atoms with Crippen LogP contribution in [0.1, 0.15) is 153 Å². The van der Waals surface area contributed by atoms with Gasteiger partial charge in [0.15, 0.2) is 24.2 Å². The summed E-state index contributed by atoms with van der Waals surface area (Å²) < 4.78 is 48.4. The van der Waals surface area contributed by atoms with Crippen LogP contribution in [0.5, 0.6) is 0 Å². The third kappa shape index (κ3) is 36.5. The molecule has 1 fully saturated rings. The molecule has 0 spiro atoms. The largest absolute Gasteiger partial charge is 0.490 e. The van der Waals surface area contributed by atoms with Gasteiger partial charge >= 0.3 is 30.2 Å². The average Bonchev–Trinajstić information content (AvgIpc) is 0.810. The number of benzene rings is 2. The number of ether oxygens (including phenoxy) is 3. The lowest BCUT2D eigenvalue weighted by molar-refractivity contribution is -0.192. The normalized spacial score (nSPS) is 21.8. The maximum Gasteiger partial charge on any atom is 0.490 e. The molecule has 0 unspecified atom stereocenters. The Kier molecular flexibility index (Phi) is 42.2. The highest BCUT2D eigenvalue weighted by atomic mass is 19.4. The molecule has 41 heteroatoms. The number of aliphatic carboxylic acids is 1. The first-order valence-corrected chi connectivity index (χ1v) is 37.2. The number of aliphatic imine (C=N–C) groups is 1. The first-order chi connectivity index (χ1) is 53.5. The fraction of sp³-hybridized carbons (Fsp3) is 0.622. The molecular formula is C74H114F3N15O23. The standard InChI is InChI=1S/C72H113N15O21.C2HF3O2/c1-15-40(10)51-64(99)85-52(41(11)89)63(98)76-32-49(90)83-54(57(93)68(103)77-33-50(91)106-35-42-23-18-16-19-24-42)66(101)81-48(34-88)69(104)107-58(43-25-20-17-21-26-43)55(87-62(97)46(30-37(4)5)79-61(96)47(31-38(6)7)82-71(105)108-72(12,13)14)67(102)86-53(56(92)39(8)9)65(100)80-45(29-36(2)3)60(95)78-44(59(94)84-51)27-22-28-75-70(73)74;3-2(4,5)1(6)7/h16-21,23-26,36-41,44-48,51-58,88-89,92-93H,15,22,27-35H2,1-14H3,(H,76,98)(H,77,103)(H,78,95)(H,79,96)(H,80,100)(H,81,101)(H,82,105)(H,83,90)(H,84,94)(H,85,99)(H,86,102)(H,87,97)(H4,73,74,75);(H,6,7)/t40-,41-,44+,45-,46-,47+,48-,51-,52-,53-,54-,55-,56+,57-,58+;/m0./s1. The second-order valence-electron chi connectivity index (χ2n) is 29.9. The summed E-state index contributed by atoms with van der Waals surface area (Å²) in [5.41, 5.74) is 10.6. The number of amides is 12. The van der Waals surface area contributed by atoms with E-state index in [0.29, 0.717) is 5.56 Å². The van der Waals surface area contributed by atoms with Crippen molar-refractivity contribution in [3.63, 3.8) is 0 Å². The highest BCUT2D eigenvalue weighted by molar-refractivity contribution is 6.01. The number of nitrogens with zero attached hydrogens (tertiary/aromatic N) is 1. The number of aliphatic hydroxyl groups excluding tert-OH is 4. The van der Waals surface area contributed by atoms with Crippen LogP contribution in [0.2, 0.25) is 0 Å². The van der Waals surface area contributed by atoms with Gasteiger partial charge in [-0.2, -0.15) is 13.2 Å². The Morgan fingerprint density at radius 1 is 0.626 bits per heavy atom. The summed E-state index contributed by atoms with van der Waals surface area (Å²) in [6, 6.07) is -3.60. The van der Waals surface area contributed by atoms with Gasteiger partial charge in [-0.15, -0.1) is 0 Å². The number of alkyl halides is 3. The van der Waals surface area contributed by atoms with E-state index in [-0.39, 0.29) is 69.1 Å². The Labute approximate surface area is 664 Å². The van der Waals surface area contributed by atoms with E-state index < -0.39 is 229 Å². The molecule has 0 saturated carbocycles. The molecule has 0 aromatic heterocycles. The molecule has 2 aromatic rings. The Bertz CT molecular complexity index is 3620. The minimum absolute atomic E-state index is 0.0139. The molecule has 115 heavy (non-hydrogen) atoms. The number of carbonyl (C=O) groups is 15. The fourth-order valence-corrected chi connectivity index (χ4v) is 10.8. The number of cyclic esters (lactones) is 1. The lowest BCUT2D eigenvalue weighted by Crippen LogP contribution is -2.64. The van der Waals surface area contributed by atoms with Gasteiger partial charge in [-0.3, -0.25) is 62.5 Å². The van der Waals surface area contributed by atoms with Gasteiger partial charge in [0, 0.05) is 6.54 Å². The van der Waals surface area contributed by atoms with E-state index in [1.807, 2.05) is 5.32 Å². The number of carboxylic acids is 1. The molecule has 2 aromatic carbocycles. The molecule has 1 aliphatic heterocycles. The van der Waals surface area contributed by atoms with Crippen LogP contribution < -0.4 is 75.3 Å². The lowest BCUT2D eigenvalue weighted by atomic mass is 9.95. The molecule has 0 bridgehead atoms. The minimum atomic E-state index is -5.08. The molecule has 1 heterocycles. The van der Waals surface area contributed by atoms with Crippen molar-refractivity contribution in [1.29, 1.82) is 0 Å². The second kappa shape index (κ2) is 48.4. The van der Waals surface area contributed by atoms with Gasteiger partial charge < -0.3 is 115 Å². The summed E-state index contributed by atoms with van der Waals surface area (Å²) in [5, 5.41) is 81.5. The number of esters is 2. The topological polar surface area (TPSA) is 594 Å². The number of hydrogen-bond acceptors (Lipinski definition) is 23. The number of nitrogens with two attached hydrogens (primary N) is 2. The van der Waals surface area contributed by atoms with E-state index in [9.17, 15) is 86.3 Å². The van der Waals surface area contributed by atoms with Gasteiger partial charge in [-0.1, -0.05) is 136 Å². The second-order valence-corrected chi connectivity index (χ2v) is 29.9. The average molecular weight is 1640 g/mol. The third-order valence-electron chi connectivity index (χ3n) is 17.0. The van der Waals surface area contributed by atoms with Crippen LogP contribution in [0.25, 0.3) is 0 Å². The molecule has 1 saturated heterocycles. The van der Waals surface area contributed by atoms with Crippen LogP contribution in [0.3, 0.4) is 0 Å². The number of hydrogen-bond donors (Lipinski definition) is 19. The van der Waals surface area contributed by atoms with Crippen molar-refractivity contribution < 1.29 is 125 Å². The van der Waals surface area contributed by atoms with Crippen molar-refractivity contribution in [3.05, 3.63) is 71.8 Å². The molecule has 3 rings (SSSR count). The van der Waals surface area contributed by atoms with Gasteiger partial charge in [-0.05, 0) is 101 Å². The Hall–Kier alpha value is -10.8. The molecule has 15 atom stereocenters. The van der Waals surface area contributed by atoms with Crippen LogP contribution in [-0.4, -0.2) is 237 Å². The zero-order valence-corrected chi connectivity index (χ0v) is 66.8. The number of guanidine groups is 1. The Balaban J connectivity index is 0.00000610. The van der Waals surface area contributed by atoms with Crippen LogP contribution in [-0.2, 0) is 87.9 Å². The minimum Gasteiger partial charge on any atom is -0.475 e. The van der Waals surface area contributed by atoms with E-state index in [0.717, 1.165) is 6.92 Å². The maximum absolute atomic E-state index is 15.7. The van der Waals surface area contributed by atoms with Crippen molar-refractivity contribution in [2.75, 3.05) is 26.2 Å². The predicted octanol–water partition coefficient (Wildman–Crippen LogP) is -1.86. The van der Waals surface area contributed by atoms with Crippen LogP contribution in [0.15, 0.2) is 65.7 Å². The fourth-order valence-electron chi connectivity index (χ4n) is 10.8. The third-order valence-corrected chi connectivity index (χ3v) is 17.0. The highest BCUT2D eigenvalue weighted by Gasteiger charge is 2.45. The summed E-state index contributed by atoms with van der Waals surface area (Å²) in [4.78, 5) is 215. The summed E-state index contributed by atoms with van der Waals surface area (Å²) in [7, 11) is 0. The van der Waals surface area contributed by atoms with Gasteiger partial charge in [-0.25, -0.2) is 14.4 Å². The van der Waals surface area contributed by atoms with Crippen LogP contribution >= 0.6 is 0 Å². The summed E-state index contributed by atoms with van der Waals surface area (Å²) in [5.74, 6) is -22.1. The summed E-state index contributed by atoms with van der Waals surface area (Å²) >= 11 is 0. The van der Waals surface area contributed by atoms with E-state index in [4.69, 9.17) is 35.6 Å². The summed E-state index contributed by atoms with van der Waals surface area (Å²) in [6.07, 6.45) is -14.9. The zero-order chi connectivity index (χ0) is 87.5. The number of nitrogens with one attached hydrogen (secondary N) is 12. The Morgan fingerprint density at radius 3 is 1.65 bits per heavy atom. The molecule has 38 nitrogen and oxygen atoms in total. The van der Waals surface area contributed by atoms with E-state index in [1.165, 1.54) is 44.2 Å². The van der Waals surface area contributed by atoms with Crippen molar-refractivity contribution in [2.24, 2.45) is 46.0 Å². The van der Waals surface area contributed by atoms with Gasteiger partial charge in [0.05, 0.1) is 25.4 Å². The molecule has 21 N–H and O–H groups in total. The molecular weight excluding hydrogens is 1520 g/mol.